The van der Waals surface area contributed by atoms with Gasteiger partial charge in [0.15, 0.2) is 11.6 Å². The normalized spacial score (nSPS) is 23.9. The van der Waals surface area contributed by atoms with Crippen LogP contribution in [0.5, 0.6) is 0 Å². The average molecular weight is 527 g/mol. The number of carbonyl (C=O) groups is 1. The Kier molecular flexibility index (Phi) is 5.47. The topological polar surface area (TPSA) is 41.6 Å². The third-order valence-corrected chi connectivity index (χ3v) is 8.23. The Bertz CT molecular complexity index is 1300. The number of nitrogens with zero attached hydrogens (tertiary/aromatic N) is 1. The smallest absolute Gasteiger partial charge is 0.230 e. The molecule has 7 heteroatoms. The molecular formula is C27H25BrF2N2O2. The molecule has 1 amide bonds. The predicted molar refractivity (Wildman–Crippen MR) is 129 cm³/mol. The molecule has 1 unspecified atom stereocenters. The molecule has 2 heterocycles. The number of carbonyl (C=O) groups excluding carboxylic acids is 1. The van der Waals surface area contributed by atoms with Crippen molar-refractivity contribution in [3.8, 4) is 0 Å². The number of hydrogen-bond donors (Lipinski definition) is 1. The summed E-state index contributed by atoms with van der Waals surface area (Å²) in [7, 11) is 0. The monoisotopic (exact) mass is 526 g/mol. The fourth-order valence-electron chi connectivity index (χ4n) is 5.65. The lowest BCUT2D eigenvalue weighted by atomic mass is 9.75. The van der Waals surface area contributed by atoms with E-state index in [4.69, 9.17) is 4.74 Å². The fraction of sp³-hybridized carbons (Fsp3) is 0.370. The highest BCUT2D eigenvalue weighted by molar-refractivity contribution is 9.10. The van der Waals surface area contributed by atoms with Crippen LogP contribution in [0.15, 0.2) is 53.0 Å². The van der Waals surface area contributed by atoms with E-state index >= 15 is 0 Å². The van der Waals surface area contributed by atoms with Crippen LogP contribution in [0.3, 0.4) is 0 Å². The second kappa shape index (κ2) is 8.40. The lowest BCUT2D eigenvalue weighted by Gasteiger charge is -2.43. The quantitative estimate of drug-likeness (QED) is 0.494. The van der Waals surface area contributed by atoms with Gasteiger partial charge in [0, 0.05) is 23.6 Å². The summed E-state index contributed by atoms with van der Waals surface area (Å²) in [6.07, 6.45) is 2.50. The number of nitrogens with one attached hydrogen (secondary N) is 1. The molecule has 1 saturated heterocycles. The molecule has 6 rings (SSSR count). The van der Waals surface area contributed by atoms with Crippen molar-refractivity contribution < 1.29 is 18.3 Å². The number of hydrogen-bond acceptors (Lipinski definition) is 3. The zero-order valence-corrected chi connectivity index (χ0v) is 20.2. The Hall–Kier alpha value is -2.35. The summed E-state index contributed by atoms with van der Waals surface area (Å²) >= 11 is 3.63. The van der Waals surface area contributed by atoms with Crippen LogP contribution >= 0.6 is 15.9 Å². The van der Waals surface area contributed by atoms with E-state index in [0.29, 0.717) is 37.2 Å². The molecule has 4 nitrogen and oxygen atoms in total. The molecule has 0 bridgehead atoms. The summed E-state index contributed by atoms with van der Waals surface area (Å²) in [6.45, 7) is 1.80. The number of amides is 1. The zero-order valence-electron chi connectivity index (χ0n) is 18.6. The van der Waals surface area contributed by atoms with Gasteiger partial charge in [-0.1, -0.05) is 46.3 Å². The van der Waals surface area contributed by atoms with Crippen molar-refractivity contribution in [3.05, 3.63) is 81.3 Å². The minimum absolute atomic E-state index is 0.0132. The van der Waals surface area contributed by atoms with E-state index in [0.717, 1.165) is 33.7 Å². The van der Waals surface area contributed by atoms with Gasteiger partial charge in [-0.2, -0.15) is 0 Å². The van der Waals surface area contributed by atoms with Gasteiger partial charge in [-0.05, 0) is 71.5 Å². The third-order valence-electron chi connectivity index (χ3n) is 7.54. The van der Waals surface area contributed by atoms with E-state index in [1.807, 2.05) is 23.1 Å². The molecule has 1 spiro atoms. The highest BCUT2D eigenvalue weighted by Crippen LogP contribution is 2.48. The molecule has 2 aliphatic heterocycles. The molecule has 1 saturated carbocycles. The second-order valence-corrected chi connectivity index (χ2v) is 10.4. The van der Waals surface area contributed by atoms with Gasteiger partial charge in [-0.3, -0.25) is 4.79 Å². The number of rotatable bonds is 4. The van der Waals surface area contributed by atoms with Crippen LogP contribution in [-0.2, 0) is 28.3 Å². The maximum atomic E-state index is 14.3. The summed E-state index contributed by atoms with van der Waals surface area (Å²) < 4.78 is 35.4. The van der Waals surface area contributed by atoms with Crippen molar-refractivity contribution in [1.82, 2.24) is 10.2 Å². The molecule has 176 valence electrons. The van der Waals surface area contributed by atoms with Crippen LogP contribution in [0.4, 0.5) is 8.78 Å². The summed E-state index contributed by atoms with van der Waals surface area (Å²) in [5.74, 6) is -2.26. The van der Waals surface area contributed by atoms with Crippen LogP contribution in [0.2, 0.25) is 0 Å². The lowest BCUT2D eigenvalue weighted by Crippen LogP contribution is -2.55. The van der Waals surface area contributed by atoms with Crippen molar-refractivity contribution in [2.24, 2.45) is 5.92 Å². The molecule has 2 fully saturated rings. The Morgan fingerprint density at radius 3 is 2.68 bits per heavy atom. The molecule has 1 aliphatic carbocycles. The van der Waals surface area contributed by atoms with Crippen molar-refractivity contribution in [2.75, 3.05) is 13.1 Å². The van der Waals surface area contributed by atoms with E-state index in [9.17, 15) is 13.6 Å². The summed E-state index contributed by atoms with van der Waals surface area (Å²) in [5, 5.41) is 5.57. The van der Waals surface area contributed by atoms with Gasteiger partial charge >= 0.3 is 0 Å². The maximum absolute atomic E-state index is 14.3. The molecule has 3 aliphatic rings. The molecule has 0 aromatic heterocycles. The van der Waals surface area contributed by atoms with Crippen LogP contribution in [-0.4, -0.2) is 29.9 Å². The Labute approximate surface area is 205 Å². The minimum Gasteiger partial charge on any atom is -0.365 e. The molecular weight excluding hydrogens is 502 g/mol. The Morgan fingerprint density at radius 1 is 1.12 bits per heavy atom. The number of benzene rings is 3. The highest BCUT2D eigenvalue weighted by atomic mass is 79.9. The number of halogens is 3. The predicted octanol–water partition coefficient (Wildman–Crippen LogP) is 5.41. The standard InChI is InChI=1S/C27H25BrF2N2O2/c28-23-8-5-16(19-3-1-2-4-20(19)23)14-32(18-6-7-18)26(33)22-13-31-10-9-27(22)21-12-25(30)24(29)11-17(21)15-34-27/h1-5,8,11-12,18,22,31H,6-7,9-10,13-15H2/t22?,27-/m0/s1. The first-order valence-corrected chi connectivity index (χ1v) is 12.6. The van der Waals surface area contributed by atoms with Crippen LogP contribution in [0, 0.1) is 17.6 Å². The van der Waals surface area contributed by atoms with E-state index < -0.39 is 23.2 Å². The van der Waals surface area contributed by atoms with Crippen molar-refractivity contribution in [3.63, 3.8) is 0 Å². The maximum Gasteiger partial charge on any atom is 0.230 e. The van der Waals surface area contributed by atoms with Crippen LogP contribution in [0.1, 0.15) is 36.0 Å². The summed E-state index contributed by atoms with van der Waals surface area (Å²) in [4.78, 5) is 16.1. The van der Waals surface area contributed by atoms with Crippen molar-refractivity contribution >= 4 is 32.6 Å². The molecule has 34 heavy (non-hydrogen) atoms. The van der Waals surface area contributed by atoms with Gasteiger partial charge < -0.3 is 15.0 Å². The third kappa shape index (κ3) is 3.56. The van der Waals surface area contributed by atoms with E-state index in [1.165, 1.54) is 12.1 Å². The number of ether oxygens (including phenoxy) is 1. The molecule has 3 aromatic rings. The summed E-state index contributed by atoms with van der Waals surface area (Å²) in [6, 6.07) is 14.9. The van der Waals surface area contributed by atoms with Gasteiger partial charge in [0.2, 0.25) is 5.91 Å². The fourth-order valence-corrected chi connectivity index (χ4v) is 6.12. The van der Waals surface area contributed by atoms with E-state index in [2.05, 4.69) is 39.4 Å². The first kappa shape index (κ1) is 22.1. The Morgan fingerprint density at radius 2 is 1.88 bits per heavy atom. The Balaban J connectivity index is 1.37. The first-order chi connectivity index (χ1) is 16.5. The molecule has 3 aromatic carbocycles. The highest BCUT2D eigenvalue weighted by Gasteiger charge is 2.53. The van der Waals surface area contributed by atoms with Gasteiger partial charge in [-0.25, -0.2) is 8.78 Å². The minimum atomic E-state index is -0.929. The summed E-state index contributed by atoms with van der Waals surface area (Å²) in [5.41, 5.74) is 1.42. The van der Waals surface area contributed by atoms with Gasteiger partial charge in [0.05, 0.1) is 12.5 Å². The largest absolute Gasteiger partial charge is 0.365 e. The zero-order chi connectivity index (χ0) is 23.4. The first-order valence-electron chi connectivity index (χ1n) is 11.8. The van der Waals surface area contributed by atoms with Crippen molar-refractivity contribution in [1.29, 1.82) is 0 Å². The molecule has 1 N–H and O–H groups in total. The van der Waals surface area contributed by atoms with E-state index in [-0.39, 0.29) is 18.6 Å². The second-order valence-electron chi connectivity index (χ2n) is 9.56. The van der Waals surface area contributed by atoms with E-state index in [1.54, 1.807) is 0 Å². The molecule has 2 atom stereocenters. The molecule has 0 radical (unpaired) electrons. The van der Waals surface area contributed by atoms with Crippen LogP contribution < -0.4 is 5.32 Å². The van der Waals surface area contributed by atoms with Gasteiger partial charge in [-0.15, -0.1) is 0 Å². The average Bonchev–Trinajstić information content (AvgIpc) is 3.64. The SMILES string of the molecule is O=C(C1CNCC[C@@]12OCc1cc(F)c(F)cc12)N(Cc1ccc(Br)c2ccccc12)C1CC1. The lowest BCUT2D eigenvalue weighted by molar-refractivity contribution is -0.157. The number of fused-ring (bicyclic) bond motifs is 3. The van der Waals surface area contributed by atoms with Gasteiger partial charge in [0.25, 0.3) is 0 Å². The van der Waals surface area contributed by atoms with Crippen LogP contribution in [0.25, 0.3) is 10.8 Å². The number of piperidine rings is 1. The van der Waals surface area contributed by atoms with Gasteiger partial charge in [0.1, 0.15) is 5.60 Å². The van der Waals surface area contributed by atoms with Crippen molar-refractivity contribution in [2.45, 2.75) is 44.1 Å².